The normalized spacial score (nSPS) is 18.6. The molecule has 7 heteroatoms. The third-order valence-corrected chi connectivity index (χ3v) is 3.94. The number of hydrogen-bond donors (Lipinski definition) is 1. The number of phenols is 1. The number of carbonyl (C=O) groups excluding carboxylic acids is 1. The third kappa shape index (κ3) is 2.47. The van der Waals surface area contributed by atoms with Crippen molar-refractivity contribution in [2.75, 3.05) is 14.2 Å². The first-order valence-electron chi connectivity index (χ1n) is 7.22. The maximum Gasteiger partial charge on any atom is 0.348 e. The Morgan fingerprint density at radius 1 is 1.25 bits per heavy atom. The molecule has 1 aromatic heterocycles. The van der Waals surface area contributed by atoms with Crippen molar-refractivity contribution >= 4 is 5.97 Å². The lowest BCUT2D eigenvalue weighted by atomic mass is 9.88. The summed E-state index contributed by atoms with van der Waals surface area (Å²) >= 11 is 0. The Balaban J connectivity index is 2.17. The molecule has 0 unspecified atom stereocenters. The van der Waals surface area contributed by atoms with Crippen molar-refractivity contribution in [2.45, 2.75) is 18.9 Å². The first-order chi connectivity index (χ1) is 11.5. The number of phenolic OH excluding ortho intramolecular Hbond substituents is 1. The summed E-state index contributed by atoms with van der Waals surface area (Å²) < 4.78 is 20.6. The number of methoxy groups -OCH3 is 2. The Morgan fingerprint density at radius 3 is 2.62 bits per heavy atom. The van der Waals surface area contributed by atoms with Crippen molar-refractivity contribution < 1.29 is 28.5 Å². The van der Waals surface area contributed by atoms with Crippen LogP contribution in [0.25, 0.3) is 0 Å². The van der Waals surface area contributed by atoms with E-state index >= 15 is 0 Å². The highest BCUT2D eigenvalue weighted by Crippen LogP contribution is 2.43. The van der Waals surface area contributed by atoms with Gasteiger partial charge in [-0.05, 0) is 24.6 Å². The second-order valence-corrected chi connectivity index (χ2v) is 5.39. The molecule has 0 aliphatic carbocycles. The number of rotatable bonds is 3. The van der Waals surface area contributed by atoms with Crippen LogP contribution in [-0.2, 0) is 9.53 Å². The number of aromatic hydroxyl groups is 1. The average molecular weight is 332 g/mol. The molecule has 3 rings (SSSR count). The van der Waals surface area contributed by atoms with Crippen LogP contribution >= 0.6 is 0 Å². The lowest BCUT2D eigenvalue weighted by Gasteiger charge is -2.17. The van der Waals surface area contributed by atoms with E-state index in [-0.39, 0.29) is 22.8 Å². The summed E-state index contributed by atoms with van der Waals surface area (Å²) in [6, 6.07) is 6.18. The van der Waals surface area contributed by atoms with Crippen LogP contribution in [0.15, 0.2) is 33.5 Å². The minimum atomic E-state index is -1.04. The molecule has 7 nitrogen and oxygen atoms in total. The summed E-state index contributed by atoms with van der Waals surface area (Å²) in [6.45, 7) is 1.62. The van der Waals surface area contributed by atoms with E-state index in [0.717, 1.165) is 0 Å². The summed E-state index contributed by atoms with van der Waals surface area (Å²) in [5.74, 6) is -0.545. The standard InChI is InChI=1S/C17H16O7/c1-8-6-12-14(16(19)23-8)13(15(24-12)17(20)22-3)9-4-5-11(21-2)10(18)7-9/h4-7,13,15,18H,1-3H3/t13-,15-/m0/s1. The van der Waals surface area contributed by atoms with Gasteiger partial charge in [0.05, 0.1) is 25.7 Å². The molecular formula is C17H16O7. The van der Waals surface area contributed by atoms with Crippen LogP contribution in [0.1, 0.15) is 22.8 Å². The summed E-state index contributed by atoms with van der Waals surface area (Å²) in [7, 11) is 2.67. The van der Waals surface area contributed by atoms with E-state index in [4.69, 9.17) is 18.6 Å². The number of benzene rings is 1. The van der Waals surface area contributed by atoms with Gasteiger partial charge in [0.25, 0.3) is 0 Å². The minimum absolute atomic E-state index is 0.108. The molecule has 0 amide bonds. The second kappa shape index (κ2) is 5.92. The molecule has 1 aliphatic heterocycles. The van der Waals surface area contributed by atoms with Crippen molar-refractivity contribution in [2.24, 2.45) is 0 Å². The van der Waals surface area contributed by atoms with E-state index < -0.39 is 23.6 Å². The van der Waals surface area contributed by atoms with Gasteiger partial charge in [-0.3, -0.25) is 0 Å². The summed E-state index contributed by atoms with van der Waals surface area (Å²) in [6.07, 6.45) is -1.04. The van der Waals surface area contributed by atoms with Crippen LogP contribution in [0.4, 0.5) is 0 Å². The molecule has 2 atom stereocenters. The SMILES string of the molecule is COC(=O)[C@H]1Oc2cc(C)oc(=O)c2[C@@H]1c1ccc(OC)c(O)c1. The molecule has 0 fully saturated rings. The van der Waals surface area contributed by atoms with Gasteiger partial charge in [-0.15, -0.1) is 0 Å². The zero-order valence-corrected chi connectivity index (χ0v) is 13.4. The monoisotopic (exact) mass is 332 g/mol. The molecule has 2 heterocycles. The fourth-order valence-corrected chi connectivity index (χ4v) is 2.87. The molecule has 126 valence electrons. The zero-order valence-electron chi connectivity index (χ0n) is 13.4. The fraction of sp³-hybridized carbons (Fsp3) is 0.294. The quantitative estimate of drug-likeness (QED) is 0.855. The molecule has 1 aliphatic rings. The van der Waals surface area contributed by atoms with Crippen molar-refractivity contribution in [1.29, 1.82) is 0 Å². The number of esters is 1. The predicted octanol–water partition coefficient (Wildman–Crippen LogP) is 1.73. The highest BCUT2D eigenvalue weighted by molar-refractivity contribution is 5.79. The first-order valence-corrected chi connectivity index (χ1v) is 7.22. The largest absolute Gasteiger partial charge is 0.504 e. The average Bonchev–Trinajstić information content (AvgIpc) is 2.93. The highest BCUT2D eigenvalue weighted by Gasteiger charge is 2.44. The Morgan fingerprint density at radius 2 is 2.00 bits per heavy atom. The van der Waals surface area contributed by atoms with Crippen molar-refractivity contribution in [3.8, 4) is 17.2 Å². The topological polar surface area (TPSA) is 95.2 Å². The maximum atomic E-state index is 12.3. The Kier molecular flexibility index (Phi) is 3.92. The summed E-state index contributed by atoms with van der Waals surface area (Å²) in [5.41, 5.74) is 0.149. The van der Waals surface area contributed by atoms with Gasteiger partial charge >= 0.3 is 11.6 Å². The van der Waals surface area contributed by atoms with E-state index in [2.05, 4.69) is 0 Å². The third-order valence-electron chi connectivity index (χ3n) is 3.94. The Labute approximate surface area is 137 Å². The lowest BCUT2D eigenvalue weighted by Crippen LogP contribution is -2.31. The molecule has 24 heavy (non-hydrogen) atoms. The van der Waals surface area contributed by atoms with Crippen LogP contribution in [0.2, 0.25) is 0 Å². The highest BCUT2D eigenvalue weighted by atomic mass is 16.6. The van der Waals surface area contributed by atoms with Crippen LogP contribution < -0.4 is 15.1 Å². The van der Waals surface area contributed by atoms with Crippen LogP contribution in [0.5, 0.6) is 17.2 Å². The number of fused-ring (bicyclic) bond motifs is 1. The smallest absolute Gasteiger partial charge is 0.348 e. The molecule has 0 bridgehead atoms. The van der Waals surface area contributed by atoms with E-state index in [1.807, 2.05) is 0 Å². The van der Waals surface area contributed by atoms with Crippen LogP contribution in [0, 0.1) is 6.92 Å². The molecule has 1 aromatic carbocycles. The van der Waals surface area contributed by atoms with Crippen molar-refractivity contribution in [3.05, 3.63) is 51.6 Å². The van der Waals surface area contributed by atoms with E-state index in [0.29, 0.717) is 11.3 Å². The fourth-order valence-electron chi connectivity index (χ4n) is 2.87. The van der Waals surface area contributed by atoms with E-state index in [1.54, 1.807) is 25.1 Å². The molecule has 0 radical (unpaired) electrons. The molecule has 2 aromatic rings. The minimum Gasteiger partial charge on any atom is -0.504 e. The summed E-state index contributed by atoms with van der Waals surface area (Å²) in [4.78, 5) is 24.4. The number of carbonyl (C=O) groups is 1. The van der Waals surface area contributed by atoms with Crippen LogP contribution in [0.3, 0.4) is 0 Å². The van der Waals surface area contributed by atoms with E-state index in [1.165, 1.54) is 20.3 Å². The second-order valence-electron chi connectivity index (χ2n) is 5.39. The maximum absolute atomic E-state index is 12.3. The Hall–Kier alpha value is -2.96. The number of hydrogen-bond acceptors (Lipinski definition) is 7. The van der Waals surface area contributed by atoms with Gasteiger partial charge in [0.1, 0.15) is 11.5 Å². The predicted molar refractivity (Wildman–Crippen MR) is 82.6 cm³/mol. The van der Waals surface area contributed by atoms with Gasteiger partial charge in [0.15, 0.2) is 11.5 Å². The van der Waals surface area contributed by atoms with Gasteiger partial charge in [-0.2, -0.15) is 0 Å². The van der Waals surface area contributed by atoms with Gasteiger partial charge in [-0.25, -0.2) is 9.59 Å². The lowest BCUT2D eigenvalue weighted by molar-refractivity contribution is -0.148. The molecule has 0 saturated heterocycles. The molecule has 0 saturated carbocycles. The number of ether oxygens (including phenoxy) is 3. The number of aryl methyl sites for hydroxylation is 1. The Bertz CT molecular complexity index is 853. The van der Waals surface area contributed by atoms with Crippen LogP contribution in [-0.4, -0.2) is 31.4 Å². The van der Waals surface area contributed by atoms with Gasteiger partial charge < -0.3 is 23.7 Å². The van der Waals surface area contributed by atoms with Gasteiger partial charge in [0, 0.05) is 6.07 Å². The van der Waals surface area contributed by atoms with E-state index in [9.17, 15) is 14.7 Å². The van der Waals surface area contributed by atoms with Gasteiger partial charge in [-0.1, -0.05) is 6.07 Å². The zero-order chi connectivity index (χ0) is 17.4. The van der Waals surface area contributed by atoms with Crippen molar-refractivity contribution in [3.63, 3.8) is 0 Å². The first kappa shape index (κ1) is 15.9. The molecule has 1 N–H and O–H groups in total. The summed E-state index contributed by atoms with van der Waals surface area (Å²) in [5, 5.41) is 10.0. The van der Waals surface area contributed by atoms with Crippen molar-refractivity contribution in [1.82, 2.24) is 0 Å². The molecule has 0 spiro atoms. The molecular weight excluding hydrogens is 316 g/mol. The van der Waals surface area contributed by atoms with Gasteiger partial charge in [0.2, 0.25) is 6.10 Å².